The summed E-state index contributed by atoms with van der Waals surface area (Å²) in [6, 6.07) is 14.4. The molecule has 0 aliphatic carbocycles. The van der Waals surface area contributed by atoms with Crippen molar-refractivity contribution >= 4 is 17.5 Å². The first kappa shape index (κ1) is 20.7. The van der Waals surface area contributed by atoms with Crippen LogP contribution in [0.2, 0.25) is 0 Å². The van der Waals surface area contributed by atoms with Gasteiger partial charge in [-0.1, -0.05) is 31.2 Å². The minimum atomic E-state index is -0.320. The fourth-order valence-corrected chi connectivity index (χ4v) is 3.15. The lowest BCUT2D eigenvalue weighted by Gasteiger charge is -2.32. The third kappa shape index (κ3) is 5.32. The zero-order valence-corrected chi connectivity index (χ0v) is 17.7. The number of pyridine rings is 1. The highest BCUT2D eigenvalue weighted by Gasteiger charge is 2.19. The summed E-state index contributed by atoms with van der Waals surface area (Å²) in [7, 11) is 2.10. The van der Waals surface area contributed by atoms with Crippen molar-refractivity contribution < 1.29 is 9.53 Å². The van der Waals surface area contributed by atoms with Crippen LogP contribution in [0.15, 0.2) is 48.5 Å². The lowest BCUT2D eigenvalue weighted by atomic mass is 10.3. The number of rotatable bonds is 6. The van der Waals surface area contributed by atoms with Gasteiger partial charge >= 0.3 is 6.01 Å². The Morgan fingerprint density at radius 2 is 1.74 bits per heavy atom. The third-order valence-electron chi connectivity index (χ3n) is 4.94. The molecule has 9 nitrogen and oxygen atoms in total. The molecule has 3 aromatic rings. The van der Waals surface area contributed by atoms with Gasteiger partial charge in [0.25, 0.3) is 5.91 Å². The van der Waals surface area contributed by atoms with E-state index in [-0.39, 0.29) is 23.5 Å². The Hall–Kier alpha value is -3.59. The molecule has 0 spiro atoms. The number of nitrogens with zero attached hydrogens (tertiary/aromatic N) is 6. The molecule has 1 N–H and O–H groups in total. The molecular formula is C22H25N7O2. The van der Waals surface area contributed by atoms with E-state index in [1.54, 1.807) is 18.2 Å². The molecule has 0 saturated carbocycles. The van der Waals surface area contributed by atoms with Gasteiger partial charge in [0.1, 0.15) is 11.5 Å². The predicted octanol–water partition coefficient (Wildman–Crippen LogP) is 2.63. The second-order valence-corrected chi connectivity index (χ2v) is 7.26. The molecule has 0 bridgehead atoms. The molecule has 3 heterocycles. The second kappa shape index (κ2) is 9.48. The summed E-state index contributed by atoms with van der Waals surface area (Å²) in [6.45, 7) is 5.57. The van der Waals surface area contributed by atoms with Crippen molar-refractivity contribution in [1.29, 1.82) is 0 Å². The van der Waals surface area contributed by atoms with Crippen LogP contribution >= 0.6 is 0 Å². The number of nitrogens with one attached hydrogen (secondary N) is 1. The zero-order valence-electron chi connectivity index (χ0n) is 17.7. The number of hydrogen-bond acceptors (Lipinski definition) is 8. The number of piperazine rings is 1. The van der Waals surface area contributed by atoms with Crippen molar-refractivity contribution in [2.45, 2.75) is 13.3 Å². The number of likely N-dealkylation sites (N-methyl/N-ethyl adjacent to an activating group) is 1. The number of carbonyl (C=O) groups is 1. The third-order valence-corrected chi connectivity index (χ3v) is 4.94. The lowest BCUT2D eigenvalue weighted by Crippen LogP contribution is -2.45. The van der Waals surface area contributed by atoms with Crippen LogP contribution < -0.4 is 15.0 Å². The molecule has 31 heavy (non-hydrogen) atoms. The molecule has 1 fully saturated rings. The van der Waals surface area contributed by atoms with E-state index in [4.69, 9.17) is 4.74 Å². The molecule has 0 radical (unpaired) electrons. The Morgan fingerprint density at radius 1 is 0.968 bits per heavy atom. The summed E-state index contributed by atoms with van der Waals surface area (Å²) < 4.78 is 5.82. The molecule has 1 saturated heterocycles. The molecule has 1 amide bonds. The monoisotopic (exact) mass is 419 g/mol. The van der Waals surface area contributed by atoms with Crippen LogP contribution in [-0.2, 0) is 6.42 Å². The Kier molecular flexibility index (Phi) is 6.32. The standard InChI is InChI=1S/C22H25N7O2/c1-3-18-25-21(29-14-12-28(2)13-15-29)27-22(26-18)31-19-11-7-10-17(24-19)20(30)23-16-8-5-4-6-9-16/h4-11H,3,12-15H2,1-2H3,(H,23,30). The number of benzene rings is 1. The number of carbonyl (C=O) groups excluding carboxylic acids is 1. The maximum absolute atomic E-state index is 12.5. The van der Waals surface area contributed by atoms with Crippen LogP contribution in [-0.4, -0.2) is 64.0 Å². The normalized spacial score (nSPS) is 14.3. The topological polar surface area (TPSA) is 96.4 Å². The van der Waals surface area contributed by atoms with Crippen molar-refractivity contribution in [3.63, 3.8) is 0 Å². The Balaban J connectivity index is 1.51. The molecule has 160 valence electrons. The van der Waals surface area contributed by atoms with Crippen molar-refractivity contribution in [2.24, 2.45) is 0 Å². The van der Waals surface area contributed by atoms with Crippen LogP contribution in [0.1, 0.15) is 23.2 Å². The van der Waals surface area contributed by atoms with E-state index in [2.05, 4.69) is 42.1 Å². The number of aromatic nitrogens is 4. The van der Waals surface area contributed by atoms with Crippen LogP contribution in [0.3, 0.4) is 0 Å². The Labute approximate surface area is 181 Å². The van der Waals surface area contributed by atoms with Gasteiger partial charge in [0, 0.05) is 44.4 Å². The summed E-state index contributed by atoms with van der Waals surface area (Å²) in [5.41, 5.74) is 0.938. The van der Waals surface area contributed by atoms with Crippen molar-refractivity contribution in [2.75, 3.05) is 43.4 Å². The maximum atomic E-state index is 12.5. The van der Waals surface area contributed by atoms with Crippen LogP contribution in [0, 0.1) is 0 Å². The van der Waals surface area contributed by atoms with Gasteiger partial charge in [-0.25, -0.2) is 4.98 Å². The number of para-hydroxylation sites is 1. The minimum absolute atomic E-state index is 0.175. The van der Waals surface area contributed by atoms with E-state index < -0.39 is 0 Å². The van der Waals surface area contributed by atoms with Crippen LogP contribution in [0.25, 0.3) is 0 Å². The lowest BCUT2D eigenvalue weighted by molar-refractivity contribution is 0.102. The van der Waals surface area contributed by atoms with Crippen molar-refractivity contribution in [3.8, 4) is 11.9 Å². The molecule has 4 rings (SSSR count). The van der Waals surface area contributed by atoms with E-state index in [1.165, 1.54) is 0 Å². The average molecular weight is 419 g/mol. The molecule has 0 atom stereocenters. The summed E-state index contributed by atoms with van der Waals surface area (Å²) >= 11 is 0. The van der Waals surface area contributed by atoms with Gasteiger partial charge < -0.3 is 19.9 Å². The fourth-order valence-electron chi connectivity index (χ4n) is 3.15. The molecule has 9 heteroatoms. The molecular weight excluding hydrogens is 394 g/mol. The first-order chi connectivity index (χ1) is 15.1. The summed E-state index contributed by atoms with van der Waals surface area (Å²) in [5, 5.41) is 2.81. The van der Waals surface area contributed by atoms with Gasteiger partial charge in [0.15, 0.2) is 0 Å². The molecule has 2 aromatic heterocycles. The van der Waals surface area contributed by atoms with Gasteiger partial charge in [-0.15, -0.1) is 0 Å². The Bertz CT molecular complexity index is 1040. The quantitative estimate of drug-likeness (QED) is 0.651. The maximum Gasteiger partial charge on any atom is 0.328 e. The van der Waals surface area contributed by atoms with Gasteiger partial charge in [0.05, 0.1) is 0 Å². The van der Waals surface area contributed by atoms with Crippen molar-refractivity contribution in [3.05, 3.63) is 60.0 Å². The highest BCUT2D eigenvalue weighted by Crippen LogP contribution is 2.20. The van der Waals surface area contributed by atoms with E-state index in [0.717, 1.165) is 26.2 Å². The smallest absolute Gasteiger partial charge is 0.328 e. The van der Waals surface area contributed by atoms with Gasteiger partial charge in [0.2, 0.25) is 11.8 Å². The number of aryl methyl sites for hydroxylation is 1. The van der Waals surface area contributed by atoms with E-state index in [0.29, 0.717) is 23.9 Å². The minimum Gasteiger partial charge on any atom is -0.405 e. The van der Waals surface area contributed by atoms with Gasteiger partial charge in [-0.05, 0) is 25.2 Å². The zero-order chi connectivity index (χ0) is 21.6. The highest BCUT2D eigenvalue weighted by atomic mass is 16.5. The summed E-state index contributed by atoms with van der Waals surface area (Å²) in [6.07, 6.45) is 0.659. The average Bonchev–Trinajstić information content (AvgIpc) is 2.80. The largest absolute Gasteiger partial charge is 0.405 e. The molecule has 1 aliphatic rings. The SMILES string of the molecule is CCc1nc(Oc2cccc(C(=O)Nc3ccccc3)n2)nc(N2CCN(C)CC2)n1. The van der Waals surface area contributed by atoms with Gasteiger partial charge in [-0.2, -0.15) is 15.0 Å². The molecule has 0 unspecified atom stereocenters. The Morgan fingerprint density at radius 3 is 2.48 bits per heavy atom. The van der Waals surface area contributed by atoms with E-state index >= 15 is 0 Å². The number of amides is 1. The van der Waals surface area contributed by atoms with E-state index in [1.807, 2.05) is 37.3 Å². The van der Waals surface area contributed by atoms with E-state index in [9.17, 15) is 4.79 Å². The van der Waals surface area contributed by atoms with Gasteiger partial charge in [-0.3, -0.25) is 4.79 Å². The predicted molar refractivity (Wildman–Crippen MR) is 118 cm³/mol. The number of ether oxygens (including phenoxy) is 1. The first-order valence-corrected chi connectivity index (χ1v) is 10.3. The molecule has 1 aliphatic heterocycles. The van der Waals surface area contributed by atoms with Crippen LogP contribution in [0.5, 0.6) is 11.9 Å². The number of anilines is 2. The summed E-state index contributed by atoms with van der Waals surface area (Å²) in [5.74, 6) is 1.18. The fraction of sp³-hybridized carbons (Fsp3) is 0.318. The van der Waals surface area contributed by atoms with Crippen molar-refractivity contribution in [1.82, 2.24) is 24.8 Å². The van der Waals surface area contributed by atoms with Crippen LogP contribution in [0.4, 0.5) is 11.6 Å². The second-order valence-electron chi connectivity index (χ2n) is 7.26. The summed E-state index contributed by atoms with van der Waals surface area (Å²) in [4.78, 5) is 34.7. The highest BCUT2D eigenvalue weighted by molar-refractivity contribution is 6.02. The first-order valence-electron chi connectivity index (χ1n) is 10.3. The molecule has 1 aromatic carbocycles. The number of hydrogen-bond donors (Lipinski definition) is 1.